The number of aliphatic hydroxyl groups excluding tert-OH is 1. The van der Waals surface area contributed by atoms with Crippen LogP contribution >= 0.6 is 46.0 Å². The van der Waals surface area contributed by atoms with E-state index in [9.17, 15) is 10.5 Å². The Bertz CT molecular complexity index is 1400. The van der Waals surface area contributed by atoms with Gasteiger partial charge in [-0.2, -0.15) is 10.5 Å². The molecule has 170 valence electrons. The van der Waals surface area contributed by atoms with Gasteiger partial charge < -0.3 is 10.8 Å². The first-order valence-electron chi connectivity index (χ1n) is 10.1. The van der Waals surface area contributed by atoms with E-state index in [0.717, 1.165) is 21.3 Å². The molecule has 0 aliphatic heterocycles. The molecule has 0 spiro atoms. The zero-order valence-electron chi connectivity index (χ0n) is 17.7. The van der Waals surface area contributed by atoms with Crippen molar-refractivity contribution in [2.45, 2.75) is 23.6 Å². The average Bonchev–Trinajstić information content (AvgIpc) is 3.51. The molecule has 3 heterocycles. The predicted octanol–water partition coefficient (Wildman–Crippen LogP) is 5.52. The van der Waals surface area contributed by atoms with E-state index in [2.05, 4.69) is 27.1 Å². The first-order valence-corrected chi connectivity index (χ1v) is 13.2. The quantitative estimate of drug-likeness (QED) is 0.288. The smallest absolute Gasteiger partial charge is 0.143 e. The number of aromatic nitrogens is 3. The second-order valence-corrected chi connectivity index (χ2v) is 10.2. The number of aryl methyl sites for hydroxylation is 1. The highest BCUT2D eigenvalue weighted by atomic mass is 35.5. The molecule has 0 amide bonds. The van der Waals surface area contributed by atoms with Crippen LogP contribution in [0.15, 0.2) is 40.1 Å². The molecule has 3 aromatic heterocycles. The van der Waals surface area contributed by atoms with Gasteiger partial charge >= 0.3 is 0 Å². The van der Waals surface area contributed by atoms with Crippen LogP contribution in [-0.4, -0.2) is 26.7 Å². The fraction of sp³-hybridized carbons (Fsp3) is 0.174. The largest absolute Gasteiger partial charge is 0.396 e. The fourth-order valence-corrected chi connectivity index (χ4v) is 5.95. The number of aliphatic hydroxyl groups is 1. The van der Waals surface area contributed by atoms with Crippen LogP contribution in [0.2, 0.25) is 5.02 Å². The highest BCUT2D eigenvalue weighted by molar-refractivity contribution is 7.98. The molecule has 7 nitrogen and oxygen atoms in total. The number of anilines is 1. The van der Waals surface area contributed by atoms with Crippen molar-refractivity contribution in [1.82, 2.24) is 15.0 Å². The molecule has 0 aliphatic carbocycles. The molecule has 1 aromatic carbocycles. The summed E-state index contributed by atoms with van der Waals surface area (Å²) < 4.78 is 0. The minimum Gasteiger partial charge on any atom is -0.396 e. The van der Waals surface area contributed by atoms with Crippen LogP contribution in [-0.2, 0) is 12.2 Å². The summed E-state index contributed by atoms with van der Waals surface area (Å²) in [5.74, 6) is 0.541. The lowest BCUT2D eigenvalue weighted by Gasteiger charge is -2.11. The lowest BCUT2D eigenvalue weighted by Crippen LogP contribution is -2.03. The van der Waals surface area contributed by atoms with Gasteiger partial charge in [-0.15, -0.1) is 22.7 Å². The zero-order chi connectivity index (χ0) is 24.1. The van der Waals surface area contributed by atoms with E-state index >= 15 is 0 Å². The van der Waals surface area contributed by atoms with Gasteiger partial charge in [-0.25, -0.2) is 15.0 Å². The molecule has 0 unspecified atom stereocenters. The summed E-state index contributed by atoms with van der Waals surface area (Å²) in [5.41, 5.74) is 9.24. The molecular formula is C23H17ClN6OS3. The second kappa shape index (κ2) is 11.0. The Balaban J connectivity index is 1.63. The summed E-state index contributed by atoms with van der Waals surface area (Å²) >= 11 is 10.3. The number of nitrogen functional groups attached to an aromatic ring is 1. The van der Waals surface area contributed by atoms with Crippen molar-refractivity contribution < 1.29 is 5.11 Å². The fourth-order valence-electron chi connectivity index (χ4n) is 3.17. The summed E-state index contributed by atoms with van der Waals surface area (Å²) in [5, 5.41) is 35.3. The van der Waals surface area contributed by atoms with Gasteiger partial charge in [0.2, 0.25) is 0 Å². The third kappa shape index (κ3) is 5.22. The molecule has 4 rings (SSSR count). The maximum atomic E-state index is 9.96. The number of nitriles is 2. The van der Waals surface area contributed by atoms with Crippen LogP contribution in [0, 0.1) is 22.7 Å². The van der Waals surface area contributed by atoms with Crippen molar-refractivity contribution in [3.63, 3.8) is 0 Å². The molecule has 0 radical (unpaired) electrons. The maximum Gasteiger partial charge on any atom is 0.143 e. The number of nitrogens with zero attached hydrogens (tertiary/aromatic N) is 5. The minimum absolute atomic E-state index is 0.0593. The van der Waals surface area contributed by atoms with E-state index in [0.29, 0.717) is 39.9 Å². The normalized spacial score (nSPS) is 10.7. The number of rotatable bonds is 8. The van der Waals surface area contributed by atoms with Gasteiger partial charge in [0.1, 0.15) is 33.6 Å². The van der Waals surface area contributed by atoms with E-state index in [1.807, 2.05) is 29.6 Å². The van der Waals surface area contributed by atoms with Gasteiger partial charge in [0.15, 0.2) is 0 Å². The Hall–Kier alpha value is -2.99. The minimum atomic E-state index is 0.0593. The van der Waals surface area contributed by atoms with Crippen LogP contribution in [0.3, 0.4) is 0 Å². The van der Waals surface area contributed by atoms with Crippen molar-refractivity contribution in [3.8, 4) is 34.0 Å². The Morgan fingerprint density at radius 1 is 1.03 bits per heavy atom. The molecule has 11 heteroatoms. The van der Waals surface area contributed by atoms with Crippen LogP contribution in [0.4, 0.5) is 5.82 Å². The molecule has 0 fully saturated rings. The molecule has 0 bridgehead atoms. The van der Waals surface area contributed by atoms with Crippen LogP contribution < -0.4 is 5.73 Å². The third-order valence-corrected chi connectivity index (χ3v) is 7.88. The number of benzene rings is 1. The third-order valence-electron chi connectivity index (χ3n) is 4.77. The molecular weight excluding hydrogens is 508 g/mol. The summed E-state index contributed by atoms with van der Waals surface area (Å²) in [6.07, 6.45) is 1.21. The summed E-state index contributed by atoms with van der Waals surface area (Å²) in [6, 6.07) is 11.8. The number of thiazole rings is 2. The zero-order valence-corrected chi connectivity index (χ0v) is 20.9. The molecule has 0 atom stereocenters. The van der Waals surface area contributed by atoms with Crippen molar-refractivity contribution in [2.24, 2.45) is 0 Å². The van der Waals surface area contributed by atoms with Crippen LogP contribution in [0.1, 0.15) is 28.2 Å². The first-order chi connectivity index (χ1) is 16.5. The van der Waals surface area contributed by atoms with E-state index in [4.69, 9.17) is 22.4 Å². The van der Waals surface area contributed by atoms with Crippen molar-refractivity contribution in [2.75, 3.05) is 12.3 Å². The second-order valence-electron chi connectivity index (χ2n) is 7.04. The molecule has 0 saturated heterocycles. The van der Waals surface area contributed by atoms with E-state index in [1.165, 1.54) is 34.4 Å². The summed E-state index contributed by atoms with van der Waals surface area (Å²) in [4.78, 5) is 13.6. The number of hydrogen-bond donors (Lipinski definition) is 2. The Morgan fingerprint density at radius 3 is 2.50 bits per heavy atom. The Labute approximate surface area is 213 Å². The van der Waals surface area contributed by atoms with Crippen molar-refractivity contribution in [1.29, 1.82) is 10.5 Å². The number of pyridine rings is 1. The number of thioether (sulfide) groups is 1. The van der Waals surface area contributed by atoms with E-state index in [-0.39, 0.29) is 23.6 Å². The molecule has 4 aromatic rings. The molecule has 3 N–H and O–H groups in total. The lowest BCUT2D eigenvalue weighted by molar-refractivity contribution is 0.288. The highest BCUT2D eigenvalue weighted by Gasteiger charge is 2.22. The summed E-state index contributed by atoms with van der Waals surface area (Å²) in [6.45, 7) is 0.0706. The highest BCUT2D eigenvalue weighted by Crippen LogP contribution is 2.37. The number of halogens is 1. The van der Waals surface area contributed by atoms with Crippen molar-refractivity contribution >= 4 is 51.9 Å². The molecule has 34 heavy (non-hydrogen) atoms. The number of nitrogens with two attached hydrogens (primary N) is 1. The van der Waals surface area contributed by atoms with Gasteiger partial charge in [0.25, 0.3) is 0 Å². The van der Waals surface area contributed by atoms with Crippen LogP contribution in [0.5, 0.6) is 0 Å². The van der Waals surface area contributed by atoms with Gasteiger partial charge in [0.05, 0.1) is 22.0 Å². The van der Waals surface area contributed by atoms with Gasteiger partial charge in [-0.1, -0.05) is 35.5 Å². The first kappa shape index (κ1) is 24.1. The van der Waals surface area contributed by atoms with E-state index < -0.39 is 0 Å². The Morgan fingerprint density at radius 2 is 1.79 bits per heavy atom. The topological polar surface area (TPSA) is 132 Å². The average molecular weight is 525 g/mol. The molecule has 0 aliphatic rings. The standard InChI is InChI=1S/C23H17ClN6OS3/c24-14-5-3-13(4-6-14)22-28-15(10-33-22)11-34-23-17(9-26)20(16(8-25)21(27)30-23)18-12-32-19(29-18)2-1-7-31/h3-6,10,12,31H,1-2,7,11H2,(H2,27,30). The number of hydrogen-bond acceptors (Lipinski definition) is 10. The lowest BCUT2D eigenvalue weighted by atomic mass is 10.0. The monoisotopic (exact) mass is 524 g/mol. The van der Waals surface area contributed by atoms with Crippen molar-refractivity contribution in [3.05, 3.63) is 61.9 Å². The maximum absolute atomic E-state index is 9.96. The van der Waals surface area contributed by atoms with Gasteiger partial charge in [-0.3, -0.25) is 0 Å². The Kier molecular flexibility index (Phi) is 7.78. The van der Waals surface area contributed by atoms with E-state index in [1.54, 1.807) is 5.38 Å². The summed E-state index contributed by atoms with van der Waals surface area (Å²) in [7, 11) is 0. The SMILES string of the molecule is N#Cc1c(N)nc(SCc2csc(-c3ccc(Cl)cc3)n2)c(C#N)c1-c1csc(CCCO)n1. The molecule has 0 saturated carbocycles. The predicted molar refractivity (Wildman–Crippen MR) is 137 cm³/mol. The van der Waals surface area contributed by atoms with Gasteiger partial charge in [0, 0.05) is 45.7 Å². The van der Waals surface area contributed by atoms with Gasteiger partial charge in [-0.05, 0) is 18.6 Å². The van der Waals surface area contributed by atoms with Crippen LogP contribution in [0.25, 0.3) is 21.8 Å².